The molecule has 1 saturated heterocycles. The van der Waals surface area contributed by atoms with Gasteiger partial charge in [-0.25, -0.2) is 14.8 Å². The van der Waals surface area contributed by atoms with Gasteiger partial charge >= 0.3 is 12.0 Å². The number of nitrogens with zero attached hydrogens (tertiary/aromatic N) is 4. The van der Waals surface area contributed by atoms with E-state index in [1.54, 1.807) is 17.3 Å². The molecule has 0 bridgehead atoms. The summed E-state index contributed by atoms with van der Waals surface area (Å²) < 4.78 is 5.54. The van der Waals surface area contributed by atoms with E-state index in [0.29, 0.717) is 11.4 Å². The lowest BCUT2D eigenvalue weighted by Gasteiger charge is -2.35. The Morgan fingerprint density at radius 1 is 1.28 bits per heavy atom. The first kappa shape index (κ1) is 17.2. The molecule has 1 aromatic heterocycles. The second-order valence-electron chi connectivity index (χ2n) is 6.27. The number of piperidine rings is 1. The van der Waals surface area contributed by atoms with Crippen molar-refractivity contribution in [2.45, 2.75) is 18.9 Å². The van der Waals surface area contributed by atoms with Crippen molar-refractivity contribution in [3.8, 4) is 11.8 Å². The van der Waals surface area contributed by atoms with E-state index >= 15 is 0 Å². The maximum absolute atomic E-state index is 12.4. The normalized spacial score (nSPS) is 17.8. The van der Waals surface area contributed by atoms with Crippen LogP contribution in [0.2, 0.25) is 0 Å². The number of hydrogen-bond acceptors (Lipinski definition) is 5. The number of benzene rings is 1. The molecule has 2 heterocycles. The lowest BCUT2D eigenvalue weighted by molar-refractivity contribution is 0.148. The number of nitrogens with one attached hydrogen (secondary N) is 1. The lowest BCUT2D eigenvalue weighted by atomic mass is 10.1. The molecule has 0 radical (unpaired) electrons. The zero-order valence-electron chi connectivity index (χ0n) is 14.6. The zero-order valence-corrected chi connectivity index (χ0v) is 14.6. The molecule has 1 atom stereocenters. The Labute approximate surface area is 147 Å². The van der Waals surface area contributed by atoms with Crippen molar-refractivity contribution in [3.05, 3.63) is 42.7 Å². The highest BCUT2D eigenvalue weighted by Gasteiger charge is 2.24. The number of rotatable bonds is 4. The standard InChI is InChI=1S/C18H23N5O2/c1-22-10-6-7-15(13-22)23(2)18(24)21-14-11-19-17(20-12-14)25-16-8-4-3-5-9-16/h3-5,8-9,11-12,15H,6-7,10,13H2,1-2H3,(H,21,24). The summed E-state index contributed by atoms with van der Waals surface area (Å²) in [6.07, 6.45) is 5.22. The van der Waals surface area contributed by atoms with Gasteiger partial charge in [-0.05, 0) is 38.6 Å². The van der Waals surface area contributed by atoms with Crippen molar-refractivity contribution in [3.63, 3.8) is 0 Å². The molecule has 1 N–H and O–H groups in total. The van der Waals surface area contributed by atoms with E-state index in [4.69, 9.17) is 4.74 Å². The van der Waals surface area contributed by atoms with Gasteiger partial charge < -0.3 is 19.9 Å². The van der Waals surface area contributed by atoms with Gasteiger partial charge in [0.05, 0.1) is 18.1 Å². The van der Waals surface area contributed by atoms with Crippen LogP contribution in [0.4, 0.5) is 10.5 Å². The summed E-state index contributed by atoms with van der Waals surface area (Å²) in [6, 6.07) is 9.63. The fraction of sp³-hybridized carbons (Fsp3) is 0.389. The molecular weight excluding hydrogens is 318 g/mol. The van der Waals surface area contributed by atoms with Crippen LogP contribution in [0, 0.1) is 0 Å². The quantitative estimate of drug-likeness (QED) is 0.926. The molecule has 1 aliphatic heterocycles. The number of carbonyl (C=O) groups excluding carboxylic acids is 1. The van der Waals surface area contributed by atoms with Crippen LogP contribution in [-0.2, 0) is 0 Å². The Morgan fingerprint density at radius 2 is 2.00 bits per heavy atom. The highest BCUT2D eigenvalue weighted by Crippen LogP contribution is 2.18. The zero-order chi connectivity index (χ0) is 17.6. The number of urea groups is 1. The summed E-state index contributed by atoms with van der Waals surface area (Å²) in [5, 5.41) is 2.83. The van der Waals surface area contributed by atoms with Gasteiger partial charge in [0, 0.05) is 19.6 Å². The summed E-state index contributed by atoms with van der Waals surface area (Å²) in [7, 11) is 3.91. The van der Waals surface area contributed by atoms with Gasteiger partial charge in [-0.3, -0.25) is 0 Å². The Balaban J connectivity index is 1.56. The van der Waals surface area contributed by atoms with Gasteiger partial charge in [0.2, 0.25) is 0 Å². The van der Waals surface area contributed by atoms with Crippen LogP contribution in [0.5, 0.6) is 11.8 Å². The second-order valence-corrected chi connectivity index (χ2v) is 6.27. The van der Waals surface area contributed by atoms with Crippen LogP contribution >= 0.6 is 0 Å². The Kier molecular flexibility index (Phi) is 5.45. The van der Waals surface area contributed by atoms with E-state index in [2.05, 4.69) is 27.2 Å². The van der Waals surface area contributed by atoms with Crippen LogP contribution in [0.25, 0.3) is 0 Å². The first-order chi connectivity index (χ1) is 12.1. The molecule has 0 saturated carbocycles. The summed E-state index contributed by atoms with van der Waals surface area (Å²) >= 11 is 0. The molecule has 2 amide bonds. The first-order valence-electron chi connectivity index (χ1n) is 8.39. The van der Waals surface area contributed by atoms with Crippen LogP contribution in [0.3, 0.4) is 0 Å². The monoisotopic (exact) mass is 341 g/mol. The molecule has 0 spiro atoms. The third-order valence-electron chi connectivity index (χ3n) is 4.30. The number of carbonyl (C=O) groups is 1. The van der Waals surface area contributed by atoms with E-state index in [0.717, 1.165) is 25.9 Å². The molecule has 25 heavy (non-hydrogen) atoms. The molecule has 3 rings (SSSR count). The average Bonchev–Trinajstić information content (AvgIpc) is 2.63. The third kappa shape index (κ3) is 4.67. The maximum atomic E-state index is 12.4. The van der Waals surface area contributed by atoms with Gasteiger partial charge in [0.15, 0.2) is 0 Å². The average molecular weight is 341 g/mol. The number of aromatic nitrogens is 2. The van der Waals surface area contributed by atoms with Crippen molar-refractivity contribution in [1.29, 1.82) is 0 Å². The number of ether oxygens (including phenoxy) is 1. The molecule has 1 fully saturated rings. The summed E-state index contributed by atoms with van der Waals surface area (Å²) in [4.78, 5) is 24.7. The lowest BCUT2D eigenvalue weighted by Crippen LogP contribution is -2.48. The smallest absolute Gasteiger partial charge is 0.322 e. The van der Waals surface area contributed by atoms with Gasteiger partial charge in [-0.1, -0.05) is 18.2 Å². The maximum Gasteiger partial charge on any atom is 0.322 e. The van der Waals surface area contributed by atoms with Crippen LogP contribution in [0.1, 0.15) is 12.8 Å². The third-order valence-corrected chi connectivity index (χ3v) is 4.30. The Morgan fingerprint density at radius 3 is 2.68 bits per heavy atom. The van der Waals surface area contributed by atoms with Crippen LogP contribution < -0.4 is 10.1 Å². The van der Waals surface area contributed by atoms with Gasteiger partial charge in [0.1, 0.15) is 5.75 Å². The van der Waals surface area contributed by atoms with Gasteiger partial charge in [-0.2, -0.15) is 0 Å². The van der Waals surface area contributed by atoms with Gasteiger partial charge in [-0.15, -0.1) is 0 Å². The highest BCUT2D eigenvalue weighted by atomic mass is 16.5. The highest BCUT2D eigenvalue weighted by molar-refractivity contribution is 5.89. The van der Waals surface area contributed by atoms with E-state index in [1.165, 1.54) is 0 Å². The molecule has 1 aliphatic rings. The van der Waals surface area contributed by atoms with Crippen LogP contribution in [-0.4, -0.2) is 59.0 Å². The molecule has 7 nitrogen and oxygen atoms in total. The predicted octanol–water partition coefficient (Wildman–Crippen LogP) is 2.83. The Bertz CT molecular complexity index is 692. The fourth-order valence-corrected chi connectivity index (χ4v) is 2.86. The minimum absolute atomic E-state index is 0.152. The number of anilines is 1. The van der Waals surface area contributed by atoms with E-state index in [9.17, 15) is 4.79 Å². The SMILES string of the molecule is CN1CCCC(N(C)C(=O)Nc2cnc(Oc3ccccc3)nc2)C1. The first-order valence-corrected chi connectivity index (χ1v) is 8.39. The molecule has 7 heteroatoms. The van der Waals surface area contributed by atoms with E-state index in [-0.39, 0.29) is 18.1 Å². The summed E-state index contributed by atoms with van der Waals surface area (Å²) in [5.74, 6) is 0.667. The minimum atomic E-state index is -0.152. The minimum Gasteiger partial charge on any atom is -0.424 e. The van der Waals surface area contributed by atoms with Crippen molar-refractivity contribution in [1.82, 2.24) is 19.8 Å². The van der Waals surface area contributed by atoms with Gasteiger partial charge in [0.25, 0.3) is 0 Å². The van der Waals surface area contributed by atoms with Crippen molar-refractivity contribution in [2.75, 3.05) is 32.5 Å². The molecule has 0 aliphatic carbocycles. The van der Waals surface area contributed by atoms with Crippen molar-refractivity contribution < 1.29 is 9.53 Å². The number of likely N-dealkylation sites (N-methyl/N-ethyl adjacent to an activating group) is 2. The number of likely N-dealkylation sites (tertiary alicyclic amines) is 1. The number of para-hydroxylation sites is 1. The van der Waals surface area contributed by atoms with Crippen molar-refractivity contribution >= 4 is 11.7 Å². The molecule has 132 valence electrons. The summed E-state index contributed by atoms with van der Waals surface area (Å²) in [5.41, 5.74) is 0.543. The topological polar surface area (TPSA) is 70.6 Å². The predicted molar refractivity (Wildman–Crippen MR) is 95.8 cm³/mol. The number of amides is 2. The summed E-state index contributed by atoms with van der Waals surface area (Å²) in [6.45, 7) is 1.98. The molecule has 2 aromatic rings. The Hall–Kier alpha value is -2.67. The molecule has 1 aromatic carbocycles. The van der Waals surface area contributed by atoms with Crippen LogP contribution in [0.15, 0.2) is 42.7 Å². The van der Waals surface area contributed by atoms with Crippen molar-refractivity contribution in [2.24, 2.45) is 0 Å². The second kappa shape index (κ2) is 7.94. The fourth-order valence-electron chi connectivity index (χ4n) is 2.86. The van der Waals surface area contributed by atoms with E-state index < -0.39 is 0 Å². The number of hydrogen-bond donors (Lipinski definition) is 1. The molecular formula is C18H23N5O2. The molecule has 1 unspecified atom stereocenters. The largest absolute Gasteiger partial charge is 0.424 e. The van der Waals surface area contributed by atoms with E-state index in [1.807, 2.05) is 37.4 Å².